The van der Waals surface area contributed by atoms with E-state index in [4.69, 9.17) is 10.7 Å². The molecule has 0 heterocycles. The van der Waals surface area contributed by atoms with Crippen molar-refractivity contribution in [2.45, 2.75) is 50.0 Å². The number of benzene rings is 1. The zero-order valence-electron chi connectivity index (χ0n) is 11.9. The summed E-state index contributed by atoms with van der Waals surface area (Å²) in [6, 6.07) is 2.11. The van der Waals surface area contributed by atoms with Crippen molar-refractivity contribution < 1.29 is 17.6 Å². The molecule has 1 aromatic rings. The first-order valence-electron chi connectivity index (χ1n) is 6.76. The quantitative estimate of drug-likeness (QED) is 0.861. The van der Waals surface area contributed by atoms with Gasteiger partial charge in [-0.1, -0.05) is 6.92 Å². The molecular formula is C14H17ClFNO3S. The summed E-state index contributed by atoms with van der Waals surface area (Å²) in [6.45, 7) is 3.36. The minimum Gasteiger partial charge on any atom is -0.347 e. The zero-order valence-corrected chi connectivity index (χ0v) is 13.4. The summed E-state index contributed by atoms with van der Waals surface area (Å²) in [5, 5.41) is 2.83. The third-order valence-corrected chi connectivity index (χ3v) is 5.45. The fraction of sp³-hybridized carbons (Fsp3) is 0.500. The monoisotopic (exact) mass is 333 g/mol. The van der Waals surface area contributed by atoms with Gasteiger partial charge in [0.2, 0.25) is 0 Å². The molecule has 116 valence electrons. The van der Waals surface area contributed by atoms with Crippen LogP contribution in [0, 0.1) is 12.7 Å². The molecule has 0 bridgehead atoms. The van der Waals surface area contributed by atoms with Crippen molar-refractivity contribution in [1.29, 1.82) is 0 Å². The van der Waals surface area contributed by atoms with Gasteiger partial charge in [-0.3, -0.25) is 4.79 Å². The molecule has 21 heavy (non-hydrogen) atoms. The van der Waals surface area contributed by atoms with E-state index in [9.17, 15) is 17.6 Å². The molecule has 1 N–H and O–H groups in total. The number of hydrogen-bond acceptors (Lipinski definition) is 3. The highest BCUT2D eigenvalue weighted by molar-refractivity contribution is 8.13. The number of amides is 1. The molecule has 0 atom stereocenters. The maximum absolute atomic E-state index is 14.1. The number of aryl methyl sites for hydroxylation is 1. The fourth-order valence-electron chi connectivity index (χ4n) is 2.52. The van der Waals surface area contributed by atoms with Gasteiger partial charge < -0.3 is 5.32 Å². The van der Waals surface area contributed by atoms with E-state index < -0.39 is 20.8 Å². The predicted octanol–water partition coefficient (Wildman–Crippen LogP) is 3.12. The van der Waals surface area contributed by atoms with E-state index in [0.717, 1.165) is 37.8 Å². The Morgan fingerprint density at radius 1 is 1.43 bits per heavy atom. The van der Waals surface area contributed by atoms with Crippen molar-refractivity contribution in [3.8, 4) is 0 Å². The van der Waals surface area contributed by atoms with Gasteiger partial charge in [0.05, 0.1) is 10.5 Å². The molecule has 0 aromatic heterocycles. The third-order valence-electron chi connectivity index (χ3n) is 4.12. The van der Waals surface area contributed by atoms with Gasteiger partial charge in [0.25, 0.3) is 15.0 Å². The van der Waals surface area contributed by atoms with Crippen LogP contribution in [0.4, 0.5) is 4.39 Å². The number of hydrogen-bond donors (Lipinski definition) is 1. The molecule has 1 amide bonds. The second kappa shape index (κ2) is 5.57. The second-order valence-corrected chi connectivity index (χ2v) is 8.05. The molecule has 0 radical (unpaired) electrons. The summed E-state index contributed by atoms with van der Waals surface area (Å²) >= 11 is 0. The lowest BCUT2D eigenvalue weighted by molar-refractivity contribution is 0.0816. The first-order valence-corrected chi connectivity index (χ1v) is 9.07. The van der Waals surface area contributed by atoms with E-state index in [1.165, 1.54) is 6.92 Å². The highest BCUT2D eigenvalue weighted by Crippen LogP contribution is 2.35. The molecule has 2 rings (SSSR count). The summed E-state index contributed by atoms with van der Waals surface area (Å²) < 4.78 is 36.9. The van der Waals surface area contributed by atoms with Crippen LogP contribution in [0.25, 0.3) is 0 Å². The summed E-state index contributed by atoms with van der Waals surface area (Å²) in [6.07, 6.45) is 3.48. The summed E-state index contributed by atoms with van der Waals surface area (Å²) in [5.74, 6) is -1.32. The van der Waals surface area contributed by atoms with Crippen molar-refractivity contribution in [2.75, 3.05) is 0 Å². The zero-order chi connectivity index (χ0) is 15.8. The van der Waals surface area contributed by atoms with Gasteiger partial charge in [-0.2, -0.15) is 0 Å². The largest absolute Gasteiger partial charge is 0.347 e. The number of nitrogens with one attached hydrogen (secondary N) is 1. The van der Waals surface area contributed by atoms with Crippen molar-refractivity contribution in [1.82, 2.24) is 5.32 Å². The van der Waals surface area contributed by atoms with E-state index in [-0.39, 0.29) is 21.6 Å². The standard InChI is InChI=1S/C14H17ClFNO3S/c1-3-14(5-4-6-14)17-13(18)11-8-10(21(15,19)20)7-9(2)12(11)16/h7-8H,3-6H2,1-2H3,(H,17,18). The number of carbonyl (C=O) groups excluding carboxylic acids is 1. The molecule has 4 nitrogen and oxygen atoms in total. The van der Waals surface area contributed by atoms with Crippen LogP contribution in [0.1, 0.15) is 48.5 Å². The topological polar surface area (TPSA) is 63.2 Å². The first kappa shape index (κ1) is 16.2. The first-order chi connectivity index (χ1) is 9.68. The minimum absolute atomic E-state index is 0.0704. The molecule has 1 aliphatic rings. The van der Waals surface area contributed by atoms with E-state index in [0.29, 0.717) is 0 Å². The highest BCUT2D eigenvalue weighted by atomic mass is 35.7. The predicted molar refractivity (Wildman–Crippen MR) is 78.5 cm³/mol. The van der Waals surface area contributed by atoms with Gasteiger partial charge in [0, 0.05) is 16.2 Å². The lowest BCUT2D eigenvalue weighted by Gasteiger charge is -2.42. The molecule has 0 unspecified atom stereocenters. The maximum atomic E-state index is 14.1. The molecule has 1 fully saturated rings. The summed E-state index contributed by atoms with van der Waals surface area (Å²) in [4.78, 5) is 12.0. The van der Waals surface area contributed by atoms with Gasteiger partial charge in [0.1, 0.15) is 5.82 Å². The molecule has 1 aliphatic carbocycles. The Bertz CT molecular complexity index is 678. The molecule has 7 heteroatoms. The van der Waals surface area contributed by atoms with Gasteiger partial charge in [-0.25, -0.2) is 12.8 Å². The van der Waals surface area contributed by atoms with Crippen LogP contribution in [0.3, 0.4) is 0 Å². The summed E-state index contributed by atoms with van der Waals surface area (Å²) in [5.41, 5.74) is -0.511. The van der Waals surface area contributed by atoms with Gasteiger partial charge in [0.15, 0.2) is 0 Å². The SMILES string of the molecule is CCC1(NC(=O)c2cc(S(=O)(=O)Cl)cc(C)c2F)CCC1. The van der Waals surface area contributed by atoms with E-state index in [1.54, 1.807) is 0 Å². The van der Waals surface area contributed by atoms with Crippen LogP contribution in [-0.4, -0.2) is 19.9 Å². The van der Waals surface area contributed by atoms with Crippen molar-refractivity contribution in [3.05, 3.63) is 29.1 Å². The average molecular weight is 334 g/mol. The smallest absolute Gasteiger partial charge is 0.261 e. The van der Waals surface area contributed by atoms with Gasteiger partial charge >= 0.3 is 0 Å². The van der Waals surface area contributed by atoms with Crippen LogP contribution in [0.2, 0.25) is 0 Å². The van der Waals surface area contributed by atoms with Crippen LogP contribution in [0.5, 0.6) is 0 Å². The lowest BCUT2D eigenvalue weighted by atomic mass is 9.74. The number of halogens is 2. The van der Waals surface area contributed by atoms with Crippen LogP contribution in [0.15, 0.2) is 17.0 Å². The Hall–Kier alpha value is -1.14. The van der Waals surface area contributed by atoms with Crippen LogP contribution in [-0.2, 0) is 9.05 Å². The Labute approximate surface area is 128 Å². The van der Waals surface area contributed by atoms with Crippen molar-refractivity contribution in [2.24, 2.45) is 0 Å². The number of rotatable bonds is 4. The van der Waals surface area contributed by atoms with Crippen molar-refractivity contribution >= 4 is 25.6 Å². The van der Waals surface area contributed by atoms with E-state index >= 15 is 0 Å². The molecule has 0 saturated heterocycles. The maximum Gasteiger partial charge on any atom is 0.261 e. The normalized spacial score (nSPS) is 17.1. The molecule has 0 aliphatic heterocycles. The Kier molecular flexibility index (Phi) is 4.31. The highest BCUT2D eigenvalue weighted by Gasteiger charge is 2.37. The fourth-order valence-corrected chi connectivity index (χ4v) is 3.36. The number of carbonyl (C=O) groups is 1. The molecule has 1 aromatic carbocycles. The molecule has 0 spiro atoms. The average Bonchev–Trinajstić information content (AvgIpc) is 2.35. The van der Waals surface area contributed by atoms with Crippen LogP contribution >= 0.6 is 10.7 Å². The Morgan fingerprint density at radius 2 is 2.05 bits per heavy atom. The van der Waals surface area contributed by atoms with E-state index in [2.05, 4.69) is 5.32 Å². The van der Waals surface area contributed by atoms with Crippen molar-refractivity contribution in [3.63, 3.8) is 0 Å². The summed E-state index contributed by atoms with van der Waals surface area (Å²) in [7, 11) is 1.26. The Balaban J connectivity index is 2.39. The third kappa shape index (κ3) is 3.21. The van der Waals surface area contributed by atoms with Crippen LogP contribution < -0.4 is 5.32 Å². The minimum atomic E-state index is -4.01. The van der Waals surface area contributed by atoms with Gasteiger partial charge in [-0.05, 0) is 50.3 Å². The second-order valence-electron chi connectivity index (χ2n) is 5.48. The van der Waals surface area contributed by atoms with E-state index in [1.807, 2.05) is 6.92 Å². The Morgan fingerprint density at radius 3 is 2.48 bits per heavy atom. The lowest BCUT2D eigenvalue weighted by Crippen LogP contribution is -2.53. The molecule has 1 saturated carbocycles. The molecular weight excluding hydrogens is 317 g/mol. The van der Waals surface area contributed by atoms with Gasteiger partial charge in [-0.15, -0.1) is 0 Å².